The Hall–Kier alpha value is -1.75. The van der Waals surface area contributed by atoms with Gasteiger partial charge in [-0.1, -0.05) is 17.7 Å². The Morgan fingerprint density at radius 1 is 1.25 bits per heavy atom. The molecule has 0 aliphatic carbocycles. The van der Waals surface area contributed by atoms with Crippen molar-refractivity contribution in [1.82, 2.24) is 9.78 Å². The Labute approximate surface area is 120 Å². The fourth-order valence-corrected chi connectivity index (χ4v) is 2.29. The van der Waals surface area contributed by atoms with Crippen molar-refractivity contribution in [2.45, 2.75) is 26.3 Å². The maximum Gasteiger partial charge on any atom is 0.155 e. The molecule has 20 heavy (non-hydrogen) atoms. The number of carbonyl (C=O) groups is 1. The third-order valence-electron chi connectivity index (χ3n) is 2.82. The van der Waals surface area contributed by atoms with Crippen LogP contribution in [0.3, 0.4) is 0 Å². The van der Waals surface area contributed by atoms with Crippen molar-refractivity contribution in [3.63, 3.8) is 0 Å². The Kier molecular flexibility index (Phi) is 3.65. The molecular formula is C14H13ClF2N2O. The average Bonchev–Trinajstić information content (AvgIpc) is 2.66. The number of carbonyl (C=O) groups excluding carboxylic acids is 1. The Bertz CT molecular complexity index is 654. The number of rotatable bonds is 2. The molecule has 0 atom stereocenters. The highest BCUT2D eigenvalue weighted by molar-refractivity contribution is 6.32. The molecule has 0 aliphatic rings. The summed E-state index contributed by atoms with van der Waals surface area (Å²) in [5, 5.41) is 4.18. The fourth-order valence-electron chi connectivity index (χ4n) is 1.87. The highest BCUT2D eigenvalue weighted by Crippen LogP contribution is 2.33. The van der Waals surface area contributed by atoms with Crippen LogP contribution in [-0.4, -0.2) is 16.1 Å². The van der Waals surface area contributed by atoms with E-state index in [1.807, 2.05) is 20.8 Å². The summed E-state index contributed by atoms with van der Waals surface area (Å²) in [6.45, 7) is 5.46. The quantitative estimate of drug-likeness (QED) is 0.784. The van der Waals surface area contributed by atoms with Crippen LogP contribution in [0.4, 0.5) is 8.78 Å². The predicted molar refractivity (Wildman–Crippen MR) is 73.0 cm³/mol. The molecule has 0 unspecified atom stereocenters. The van der Waals surface area contributed by atoms with Crippen molar-refractivity contribution in [3.05, 3.63) is 40.6 Å². The molecule has 3 nitrogen and oxygen atoms in total. The van der Waals surface area contributed by atoms with Gasteiger partial charge < -0.3 is 0 Å². The molecule has 0 amide bonds. The monoisotopic (exact) mass is 298 g/mol. The van der Waals surface area contributed by atoms with Crippen LogP contribution in [0.2, 0.25) is 5.15 Å². The summed E-state index contributed by atoms with van der Waals surface area (Å²) >= 11 is 6.09. The van der Waals surface area contributed by atoms with Gasteiger partial charge in [0.25, 0.3) is 0 Å². The molecule has 6 heteroatoms. The summed E-state index contributed by atoms with van der Waals surface area (Å²) in [5.74, 6) is -1.58. The van der Waals surface area contributed by atoms with Crippen molar-refractivity contribution in [1.29, 1.82) is 0 Å². The molecular weight excluding hydrogens is 286 g/mol. The summed E-state index contributed by atoms with van der Waals surface area (Å²) in [6.07, 6.45) is 0.457. The Morgan fingerprint density at radius 3 is 2.25 bits per heavy atom. The highest BCUT2D eigenvalue weighted by Gasteiger charge is 2.27. The number of hydrogen-bond donors (Lipinski definition) is 0. The van der Waals surface area contributed by atoms with Gasteiger partial charge >= 0.3 is 0 Å². The van der Waals surface area contributed by atoms with Crippen LogP contribution in [0.5, 0.6) is 0 Å². The van der Waals surface area contributed by atoms with Crippen molar-refractivity contribution in [2.24, 2.45) is 0 Å². The number of aromatic nitrogens is 2. The standard InChI is InChI=1S/C14H13ClF2N2O/c1-14(2,3)19-13(15)8(7-20)12(18-19)11-9(16)5-4-6-10(11)17/h4-7H,1-3H3. The topological polar surface area (TPSA) is 34.9 Å². The van der Waals surface area contributed by atoms with Crippen LogP contribution in [0.25, 0.3) is 11.3 Å². The maximum absolute atomic E-state index is 13.8. The predicted octanol–water partition coefficient (Wildman–Crippen LogP) is 4.05. The first-order chi connectivity index (χ1) is 9.27. The van der Waals surface area contributed by atoms with Crippen LogP contribution < -0.4 is 0 Å². The van der Waals surface area contributed by atoms with Crippen molar-refractivity contribution < 1.29 is 13.6 Å². The van der Waals surface area contributed by atoms with Gasteiger partial charge in [0.05, 0.1) is 16.7 Å². The Balaban J connectivity index is 2.79. The minimum Gasteiger partial charge on any atom is -0.298 e. The van der Waals surface area contributed by atoms with E-state index < -0.39 is 17.2 Å². The van der Waals surface area contributed by atoms with Crippen LogP contribution in [-0.2, 0) is 5.54 Å². The molecule has 0 saturated heterocycles. The summed E-state index contributed by atoms with van der Waals surface area (Å²) in [7, 11) is 0. The maximum atomic E-state index is 13.8. The van der Waals surface area contributed by atoms with Gasteiger partial charge in [0.1, 0.15) is 22.5 Å². The first kappa shape index (κ1) is 14.7. The summed E-state index contributed by atoms with van der Waals surface area (Å²) in [4.78, 5) is 11.2. The van der Waals surface area contributed by atoms with Gasteiger partial charge in [-0.05, 0) is 32.9 Å². The number of hydrogen-bond acceptors (Lipinski definition) is 2. The summed E-state index contributed by atoms with van der Waals surface area (Å²) in [5.41, 5.74) is -0.977. The SMILES string of the molecule is CC(C)(C)n1nc(-c2c(F)cccc2F)c(C=O)c1Cl. The molecule has 0 saturated carbocycles. The van der Waals surface area contributed by atoms with Crippen LogP contribution in [0.15, 0.2) is 18.2 Å². The van der Waals surface area contributed by atoms with E-state index in [0.717, 1.165) is 12.1 Å². The van der Waals surface area contributed by atoms with E-state index >= 15 is 0 Å². The van der Waals surface area contributed by atoms with Gasteiger partial charge in [-0.15, -0.1) is 0 Å². The second-order valence-electron chi connectivity index (χ2n) is 5.35. The average molecular weight is 299 g/mol. The molecule has 0 aliphatic heterocycles. The zero-order valence-electron chi connectivity index (χ0n) is 11.2. The van der Waals surface area contributed by atoms with Gasteiger partial charge in [0.2, 0.25) is 0 Å². The van der Waals surface area contributed by atoms with E-state index in [-0.39, 0.29) is 22.0 Å². The number of nitrogens with zero attached hydrogens (tertiary/aromatic N) is 2. The minimum absolute atomic E-state index is 0.0226. The lowest BCUT2D eigenvalue weighted by molar-refractivity contribution is 0.112. The van der Waals surface area contributed by atoms with E-state index in [1.54, 1.807) is 0 Å². The van der Waals surface area contributed by atoms with E-state index in [1.165, 1.54) is 10.7 Å². The van der Waals surface area contributed by atoms with Gasteiger partial charge in [-0.2, -0.15) is 5.10 Å². The molecule has 106 valence electrons. The van der Waals surface area contributed by atoms with Crippen LogP contribution in [0, 0.1) is 11.6 Å². The lowest BCUT2D eigenvalue weighted by Crippen LogP contribution is -2.23. The van der Waals surface area contributed by atoms with E-state index in [4.69, 9.17) is 11.6 Å². The molecule has 0 spiro atoms. The summed E-state index contributed by atoms with van der Waals surface area (Å²) < 4.78 is 29.1. The van der Waals surface area contributed by atoms with Crippen LogP contribution >= 0.6 is 11.6 Å². The highest BCUT2D eigenvalue weighted by atomic mass is 35.5. The lowest BCUT2D eigenvalue weighted by Gasteiger charge is -2.20. The normalized spacial score (nSPS) is 11.7. The molecule has 0 N–H and O–H groups in total. The molecule has 0 fully saturated rings. The molecule has 2 aromatic rings. The largest absolute Gasteiger partial charge is 0.298 e. The zero-order chi connectivity index (χ0) is 15.1. The third kappa shape index (κ3) is 2.33. The molecule has 1 aromatic heterocycles. The number of halogens is 3. The van der Waals surface area contributed by atoms with E-state index in [2.05, 4.69) is 5.10 Å². The first-order valence-electron chi connectivity index (χ1n) is 5.96. The molecule has 0 radical (unpaired) electrons. The molecule has 1 heterocycles. The van der Waals surface area contributed by atoms with Gasteiger partial charge in [0, 0.05) is 0 Å². The smallest absolute Gasteiger partial charge is 0.155 e. The lowest BCUT2D eigenvalue weighted by atomic mass is 10.1. The van der Waals surface area contributed by atoms with Gasteiger partial charge in [-0.25, -0.2) is 13.5 Å². The Morgan fingerprint density at radius 2 is 1.80 bits per heavy atom. The first-order valence-corrected chi connectivity index (χ1v) is 6.33. The number of benzene rings is 1. The van der Waals surface area contributed by atoms with E-state index in [0.29, 0.717) is 6.29 Å². The summed E-state index contributed by atoms with van der Waals surface area (Å²) in [6, 6.07) is 3.46. The molecule has 2 rings (SSSR count). The van der Waals surface area contributed by atoms with Gasteiger partial charge in [0.15, 0.2) is 6.29 Å². The van der Waals surface area contributed by atoms with Gasteiger partial charge in [-0.3, -0.25) is 4.79 Å². The number of aldehydes is 1. The molecule has 0 bridgehead atoms. The third-order valence-corrected chi connectivity index (χ3v) is 3.18. The second-order valence-corrected chi connectivity index (χ2v) is 5.71. The second kappa shape index (κ2) is 4.98. The fraction of sp³-hybridized carbons (Fsp3) is 0.286. The minimum atomic E-state index is -0.789. The zero-order valence-corrected chi connectivity index (χ0v) is 12.0. The van der Waals surface area contributed by atoms with Crippen molar-refractivity contribution in [2.75, 3.05) is 0 Å². The van der Waals surface area contributed by atoms with E-state index in [9.17, 15) is 13.6 Å². The van der Waals surface area contributed by atoms with Crippen molar-refractivity contribution in [3.8, 4) is 11.3 Å². The van der Waals surface area contributed by atoms with Crippen molar-refractivity contribution >= 4 is 17.9 Å². The van der Waals surface area contributed by atoms with Crippen LogP contribution in [0.1, 0.15) is 31.1 Å². The molecule has 1 aromatic carbocycles.